The van der Waals surface area contributed by atoms with Gasteiger partial charge >= 0.3 is 0 Å². The number of primary amides is 3. The number of carbonyl (C=O) groups excluding carboxylic acids is 13. The average Bonchev–Trinajstić information content (AvgIpc) is 0.859. The summed E-state index contributed by atoms with van der Waals surface area (Å²) in [7, 11) is 0. The highest BCUT2D eigenvalue weighted by Crippen LogP contribution is 2.18. The third-order valence-electron chi connectivity index (χ3n) is 15.9. The van der Waals surface area contributed by atoms with Gasteiger partial charge < -0.3 is 109 Å². The first-order valence-corrected chi connectivity index (χ1v) is 33.1. The Morgan fingerprint density at radius 3 is 1.19 bits per heavy atom. The number of aliphatic imine (C=N–C) groups is 2. The van der Waals surface area contributed by atoms with Crippen LogP contribution in [0.3, 0.4) is 0 Å². The third kappa shape index (κ3) is 31.9. The van der Waals surface area contributed by atoms with Crippen LogP contribution in [0.2, 0.25) is 0 Å². The highest BCUT2D eigenvalue weighted by Gasteiger charge is 2.39. The van der Waals surface area contributed by atoms with E-state index in [0.717, 1.165) is 6.92 Å². The maximum Gasteiger partial charge on any atom is 0.245 e. The van der Waals surface area contributed by atoms with Crippen LogP contribution in [-0.4, -0.2) is 184 Å². The Kier molecular flexibility index (Phi) is 37.6. The van der Waals surface area contributed by atoms with Crippen LogP contribution in [0.5, 0.6) is 11.5 Å². The summed E-state index contributed by atoms with van der Waals surface area (Å²) >= 11 is 0. The lowest BCUT2D eigenvalue weighted by Crippen LogP contribution is -2.63. The molecule has 35 nitrogen and oxygen atoms in total. The molecule has 0 aliphatic rings. The van der Waals surface area contributed by atoms with Gasteiger partial charge in [0.2, 0.25) is 76.8 Å². The Labute approximate surface area is 581 Å². The van der Waals surface area contributed by atoms with Crippen LogP contribution in [0.15, 0.2) is 58.5 Å². The lowest BCUT2D eigenvalue weighted by molar-refractivity contribution is -0.138. The first kappa shape index (κ1) is 85.7. The van der Waals surface area contributed by atoms with E-state index >= 15 is 0 Å². The number of phenolic OH excluding ortho intramolecular Hbond substituents is 2. The van der Waals surface area contributed by atoms with Crippen molar-refractivity contribution in [2.75, 3.05) is 13.1 Å². The van der Waals surface area contributed by atoms with Crippen LogP contribution in [0.1, 0.15) is 137 Å². The van der Waals surface area contributed by atoms with Crippen molar-refractivity contribution in [2.45, 2.75) is 205 Å². The number of hydrogen-bond acceptors (Lipinski definition) is 18. The Hall–Kier alpha value is -10.4. The predicted molar refractivity (Wildman–Crippen MR) is 369 cm³/mol. The molecule has 0 fully saturated rings. The van der Waals surface area contributed by atoms with Gasteiger partial charge in [-0.05, 0) is 105 Å². The molecule has 0 saturated heterocycles. The Morgan fingerprint density at radius 2 is 0.790 bits per heavy atom. The Morgan fingerprint density at radius 1 is 0.430 bits per heavy atom. The smallest absolute Gasteiger partial charge is 0.245 e. The largest absolute Gasteiger partial charge is 0.508 e. The van der Waals surface area contributed by atoms with Gasteiger partial charge in [0, 0.05) is 38.8 Å². The molecular formula is C65H104N19O16. The molecule has 13 atom stereocenters. The van der Waals surface area contributed by atoms with E-state index in [1.54, 1.807) is 60.6 Å². The summed E-state index contributed by atoms with van der Waals surface area (Å²) < 4.78 is 0. The first-order chi connectivity index (χ1) is 47.0. The minimum Gasteiger partial charge on any atom is -0.508 e. The van der Waals surface area contributed by atoms with Crippen molar-refractivity contribution in [3.63, 3.8) is 0 Å². The van der Waals surface area contributed by atoms with E-state index in [2.05, 4.69) is 63.2 Å². The summed E-state index contributed by atoms with van der Waals surface area (Å²) in [5.41, 5.74) is 39.8. The highest BCUT2D eigenvalue weighted by atomic mass is 16.3. The molecular weight excluding hydrogens is 1300 g/mol. The number of aliphatic hydroxyl groups excluding tert-OH is 1. The average molecular weight is 1410 g/mol. The summed E-state index contributed by atoms with van der Waals surface area (Å²) in [5, 5.41) is 56.1. The number of guanidine groups is 2. The summed E-state index contributed by atoms with van der Waals surface area (Å²) in [5.74, 6) is -14.8. The van der Waals surface area contributed by atoms with Crippen molar-refractivity contribution in [3.8, 4) is 11.5 Å². The number of amides is 13. The minimum absolute atomic E-state index is 0.0173. The van der Waals surface area contributed by atoms with Crippen molar-refractivity contribution >= 4 is 88.7 Å². The SMILES string of the molecule is CC[CH]C(=O)NC(Cc1ccc(O)cc1)C(=O)NC(C(=O)NC(CC(N)=O)C(=O)NC(CC(C)C)C(=O)NC(C(=O)NC(C(=O)NC(CCCN=C(N)N)C(=O)NC(CCC(N)=O)C(=O)NC(CCCN=C(N)N)C(=O)NC(Cc1ccc(O)cc1)C(N)=O)C(C)O)C(C)CC)C(C)CC. The zero-order chi connectivity index (χ0) is 75.5. The van der Waals surface area contributed by atoms with Crippen LogP contribution in [-0.2, 0) is 75.2 Å². The summed E-state index contributed by atoms with van der Waals surface area (Å²) in [4.78, 5) is 187. The van der Waals surface area contributed by atoms with Gasteiger partial charge in [0.25, 0.3) is 0 Å². The van der Waals surface area contributed by atoms with Gasteiger partial charge in [-0.2, -0.15) is 0 Å². The Bertz CT molecular complexity index is 3140. The lowest BCUT2D eigenvalue weighted by Gasteiger charge is -2.31. The van der Waals surface area contributed by atoms with E-state index in [0.29, 0.717) is 24.0 Å². The molecule has 35 heteroatoms. The number of hydrogen-bond donors (Lipinski definition) is 20. The second kappa shape index (κ2) is 43.8. The fourth-order valence-electron chi connectivity index (χ4n) is 9.97. The quantitative estimate of drug-likeness (QED) is 0.0169. The standard InChI is InChI=1S/C65H104N19O16/c1-9-14-50(90)75-46(31-38-19-23-40(87)24-20-38)60(97)82-51(34(6)10-2)61(98)81-47(32-49(67)89)58(95)80-45(29-33(4)5)59(96)83-52(35(7)11-3)62(99)84-53(36(8)85)63(100)78-42(16-13-28-74-65(71)72)55(92)77-43(25-26-48(66)88)57(94)76-41(15-12-27-73-64(69)70)56(93)79-44(54(68)91)30-37-17-21-39(86)22-18-37/h14,17-24,33-36,41-47,51-53,85-87H,9-13,15-16,25-32H2,1-8H3,(H2,66,88)(H2,67,89)(H2,68,91)(H,75,90)(H,76,94)(H,77,92)(H,78,100)(H,79,93)(H,80,95)(H,81,98)(H,82,97)(H,83,96)(H,84,99)(H4,69,70,73)(H4,71,72,74). The van der Waals surface area contributed by atoms with Crippen molar-refractivity contribution in [2.24, 2.45) is 67.9 Å². The van der Waals surface area contributed by atoms with Crippen molar-refractivity contribution < 1.29 is 77.6 Å². The molecule has 13 amide bonds. The van der Waals surface area contributed by atoms with Gasteiger partial charge in [0.05, 0.1) is 12.5 Å². The molecule has 0 aliphatic carbocycles. The number of carbonyl (C=O) groups is 13. The minimum atomic E-state index is -1.88. The van der Waals surface area contributed by atoms with Gasteiger partial charge in [0.1, 0.15) is 71.9 Å². The molecule has 27 N–H and O–H groups in total. The number of benzene rings is 2. The normalized spacial score (nSPS) is 14.9. The van der Waals surface area contributed by atoms with Crippen LogP contribution in [0, 0.1) is 24.2 Å². The molecule has 13 unspecified atom stereocenters. The molecule has 0 saturated carbocycles. The monoisotopic (exact) mass is 1410 g/mol. The van der Waals surface area contributed by atoms with E-state index < -0.39 is 174 Å². The van der Waals surface area contributed by atoms with Gasteiger partial charge in [-0.1, -0.05) is 85.6 Å². The molecule has 2 rings (SSSR count). The lowest BCUT2D eigenvalue weighted by atomic mass is 9.95. The number of rotatable bonds is 46. The summed E-state index contributed by atoms with van der Waals surface area (Å²) in [6.45, 7) is 12.8. The fourth-order valence-corrected chi connectivity index (χ4v) is 9.97. The molecule has 0 bridgehead atoms. The number of nitrogens with zero attached hydrogens (tertiary/aromatic N) is 2. The van der Waals surface area contributed by atoms with Gasteiger partial charge in [-0.3, -0.25) is 72.3 Å². The fraction of sp³-hybridized carbons (Fsp3) is 0.569. The number of aromatic hydroxyl groups is 2. The predicted octanol–water partition coefficient (Wildman–Crippen LogP) is -4.40. The molecule has 555 valence electrons. The van der Waals surface area contributed by atoms with E-state index in [1.807, 2.05) is 0 Å². The maximum atomic E-state index is 14.5. The zero-order valence-corrected chi connectivity index (χ0v) is 58.0. The molecule has 100 heavy (non-hydrogen) atoms. The molecule has 0 aromatic heterocycles. The molecule has 2 aromatic carbocycles. The molecule has 2 aromatic rings. The molecule has 0 aliphatic heterocycles. The number of nitrogens with two attached hydrogens (primary N) is 7. The van der Waals surface area contributed by atoms with E-state index in [4.69, 9.17) is 40.1 Å². The van der Waals surface area contributed by atoms with Gasteiger partial charge in [-0.25, -0.2) is 0 Å². The highest BCUT2D eigenvalue weighted by molar-refractivity contribution is 6.00. The molecule has 0 spiro atoms. The van der Waals surface area contributed by atoms with Crippen LogP contribution < -0.4 is 93.3 Å². The number of phenols is 2. The second-order valence-corrected chi connectivity index (χ2v) is 24.9. The number of aliphatic hydroxyl groups is 1. The topological polar surface area (TPSA) is 610 Å². The van der Waals surface area contributed by atoms with Crippen molar-refractivity contribution in [3.05, 3.63) is 66.1 Å². The van der Waals surface area contributed by atoms with Gasteiger partial charge in [0.15, 0.2) is 11.9 Å². The third-order valence-corrected chi connectivity index (χ3v) is 15.9. The van der Waals surface area contributed by atoms with E-state index in [1.165, 1.54) is 42.8 Å². The number of nitrogens with one attached hydrogen (secondary N) is 10. The van der Waals surface area contributed by atoms with Crippen molar-refractivity contribution in [1.82, 2.24) is 53.2 Å². The zero-order valence-electron chi connectivity index (χ0n) is 58.0. The van der Waals surface area contributed by atoms with Crippen LogP contribution in [0.25, 0.3) is 0 Å². The maximum absolute atomic E-state index is 14.5. The first-order valence-electron chi connectivity index (χ1n) is 33.1. The van der Waals surface area contributed by atoms with Crippen LogP contribution >= 0.6 is 0 Å². The van der Waals surface area contributed by atoms with Gasteiger partial charge in [-0.15, -0.1) is 0 Å². The summed E-state index contributed by atoms with van der Waals surface area (Å²) in [6.07, 6.45) is -1.96. The van der Waals surface area contributed by atoms with Crippen LogP contribution in [0.4, 0.5) is 0 Å². The summed E-state index contributed by atoms with van der Waals surface area (Å²) in [6, 6.07) is -3.73. The van der Waals surface area contributed by atoms with E-state index in [-0.39, 0.29) is 93.8 Å². The molecule has 0 heterocycles. The second-order valence-electron chi connectivity index (χ2n) is 24.9. The molecule has 1 radical (unpaired) electrons. The van der Waals surface area contributed by atoms with Crippen molar-refractivity contribution in [1.29, 1.82) is 0 Å². The van der Waals surface area contributed by atoms with E-state index in [9.17, 15) is 77.6 Å². The Balaban J connectivity index is 2.52.